The van der Waals surface area contributed by atoms with Crippen molar-refractivity contribution in [1.29, 1.82) is 0 Å². The number of carboxylic acids is 1. The zero-order valence-corrected chi connectivity index (χ0v) is 19.4. The summed E-state index contributed by atoms with van der Waals surface area (Å²) in [5.74, 6) is 5.53. The number of nitrogens with zero attached hydrogens (tertiary/aromatic N) is 1. The zero-order chi connectivity index (χ0) is 24.1. The van der Waals surface area contributed by atoms with Gasteiger partial charge in [-0.25, -0.2) is 4.98 Å². The maximum absolute atomic E-state index is 12.6. The fraction of sp³-hybridized carbons (Fsp3) is 0.250. The lowest BCUT2D eigenvalue weighted by molar-refractivity contribution is -0.139. The van der Waals surface area contributed by atoms with Crippen LogP contribution in [-0.4, -0.2) is 27.4 Å². The molecule has 0 radical (unpaired) electrons. The fourth-order valence-electron chi connectivity index (χ4n) is 2.51. The number of aromatic nitrogens is 1. The summed E-state index contributed by atoms with van der Waals surface area (Å²) in [6.07, 6.45) is -3.78. The van der Waals surface area contributed by atoms with Crippen LogP contribution in [-0.2, 0) is 17.4 Å². The Kier molecular flexibility index (Phi) is 7.72. The van der Waals surface area contributed by atoms with Gasteiger partial charge in [0.05, 0.1) is 17.9 Å². The van der Waals surface area contributed by atoms with E-state index in [-0.39, 0.29) is 0 Å². The van der Waals surface area contributed by atoms with Crippen molar-refractivity contribution < 1.29 is 27.8 Å². The highest BCUT2D eigenvalue weighted by molar-refractivity contribution is 8.02. The molecule has 0 saturated heterocycles. The molecule has 3 aromatic rings. The maximum Gasteiger partial charge on any atom is 0.416 e. The minimum Gasteiger partial charge on any atom is -0.493 e. The minimum atomic E-state index is -4.36. The summed E-state index contributed by atoms with van der Waals surface area (Å²) in [5.41, 5.74) is 1.34. The third-order valence-electron chi connectivity index (χ3n) is 4.43. The highest BCUT2D eigenvalue weighted by Gasteiger charge is 2.30. The number of rotatable bonds is 7. The fourth-order valence-corrected chi connectivity index (χ4v) is 4.73. The lowest BCUT2D eigenvalue weighted by Gasteiger charge is -2.15. The number of hydrogen-bond donors (Lipinski definition) is 1. The van der Waals surface area contributed by atoms with E-state index in [2.05, 4.69) is 16.8 Å². The zero-order valence-electron chi connectivity index (χ0n) is 17.8. The molecular formula is C24H20F3NO3S2. The van der Waals surface area contributed by atoms with Crippen molar-refractivity contribution in [2.24, 2.45) is 0 Å². The van der Waals surface area contributed by atoms with Crippen molar-refractivity contribution in [2.45, 2.75) is 35.5 Å². The predicted molar refractivity (Wildman–Crippen MR) is 123 cm³/mol. The number of ether oxygens (including phenoxy) is 1. The van der Waals surface area contributed by atoms with Gasteiger partial charge in [0.2, 0.25) is 0 Å². The van der Waals surface area contributed by atoms with Crippen LogP contribution < -0.4 is 4.74 Å². The quantitative estimate of drug-likeness (QED) is 0.318. The topological polar surface area (TPSA) is 59.4 Å². The number of benzene rings is 2. The Morgan fingerprint density at radius 2 is 1.64 bits per heavy atom. The Morgan fingerprint density at radius 3 is 2.18 bits per heavy atom. The summed E-state index contributed by atoms with van der Waals surface area (Å²) in [5, 5.41) is 11.1. The van der Waals surface area contributed by atoms with Crippen LogP contribution in [0.3, 0.4) is 0 Å². The van der Waals surface area contributed by atoms with Crippen molar-refractivity contribution >= 4 is 29.1 Å². The number of halogens is 3. The highest BCUT2D eigenvalue weighted by atomic mass is 32.2. The first-order valence-electron chi connectivity index (χ1n) is 9.82. The van der Waals surface area contributed by atoms with Crippen LogP contribution in [0.5, 0.6) is 5.75 Å². The molecule has 4 nitrogen and oxygen atoms in total. The van der Waals surface area contributed by atoms with Gasteiger partial charge in [-0.2, -0.15) is 13.2 Å². The van der Waals surface area contributed by atoms with Crippen LogP contribution in [0.4, 0.5) is 13.2 Å². The second kappa shape index (κ2) is 10.3. The van der Waals surface area contributed by atoms with E-state index in [9.17, 15) is 23.1 Å². The van der Waals surface area contributed by atoms with Crippen LogP contribution in [0.1, 0.15) is 36.2 Å². The first-order valence-corrected chi connectivity index (χ1v) is 11.5. The van der Waals surface area contributed by atoms with Gasteiger partial charge in [0.1, 0.15) is 10.5 Å². The molecule has 0 saturated carbocycles. The molecule has 0 aliphatic carbocycles. The lowest BCUT2D eigenvalue weighted by Crippen LogP contribution is -2.26. The van der Waals surface area contributed by atoms with Gasteiger partial charge in [0.25, 0.3) is 0 Å². The third kappa shape index (κ3) is 7.27. The standard InChI is InChI=1S/C24H20F3NO3S2/c1-23(2,21(29)30)33-22-28-19(15-32-22)13-14-31-20-11-7-17(8-12-20)4-3-16-5-9-18(10-6-16)24(25,26)27/h5-12,15H,13-14H2,1-2H3,(H,29,30). The summed E-state index contributed by atoms with van der Waals surface area (Å²) < 4.78 is 43.3. The maximum atomic E-state index is 12.6. The molecule has 172 valence electrons. The molecule has 0 atom stereocenters. The Morgan fingerprint density at radius 1 is 1.06 bits per heavy atom. The number of carbonyl (C=O) groups is 1. The second-order valence-corrected chi connectivity index (χ2v) is 10.2. The van der Waals surface area contributed by atoms with E-state index in [0.717, 1.165) is 17.8 Å². The smallest absolute Gasteiger partial charge is 0.416 e. The molecule has 0 bridgehead atoms. The first-order chi connectivity index (χ1) is 15.5. The number of thiazole rings is 1. The van der Waals surface area contributed by atoms with E-state index in [1.807, 2.05) is 5.38 Å². The Balaban J connectivity index is 1.50. The number of alkyl halides is 3. The highest BCUT2D eigenvalue weighted by Crippen LogP contribution is 2.34. The summed E-state index contributed by atoms with van der Waals surface area (Å²) in [6, 6.07) is 11.8. The van der Waals surface area contributed by atoms with Crippen molar-refractivity contribution in [3.63, 3.8) is 0 Å². The summed E-state index contributed by atoms with van der Waals surface area (Å²) in [4.78, 5) is 15.7. The molecule has 2 aromatic carbocycles. The largest absolute Gasteiger partial charge is 0.493 e. The molecule has 0 amide bonds. The van der Waals surface area contributed by atoms with Crippen molar-refractivity contribution in [1.82, 2.24) is 4.98 Å². The van der Waals surface area contributed by atoms with Crippen molar-refractivity contribution in [3.05, 3.63) is 76.3 Å². The molecule has 9 heteroatoms. The van der Waals surface area contributed by atoms with Crippen LogP contribution in [0.2, 0.25) is 0 Å². The van der Waals surface area contributed by atoms with E-state index in [1.165, 1.54) is 35.2 Å². The van der Waals surface area contributed by atoms with Gasteiger partial charge in [-0.3, -0.25) is 4.79 Å². The van der Waals surface area contributed by atoms with Crippen LogP contribution in [0, 0.1) is 11.8 Å². The molecule has 1 aromatic heterocycles. The average Bonchev–Trinajstić information content (AvgIpc) is 3.19. The molecule has 1 heterocycles. The molecule has 0 unspecified atom stereocenters. The molecular weight excluding hydrogens is 471 g/mol. The van der Waals surface area contributed by atoms with Gasteiger partial charge < -0.3 is 9.84 Å². The van der Waals surface area contributed by atoms with Crippen LogP contribution in [0.15, 0.2) is 58.3 Å². The van der Waals surface area contributed by atoms with Crippen LogP contribution >= 0.6 is 23.1 Å². The molecule has 0 aliphatic heterocycles. The van der Waals surface area contributed by atoms with E-state index < -0.39 is 22.5 Å². The second-order valence-electron chi connectivity index (χ2n) is 7.47. The molecule has 1 N–H and O–H groups in total. The van der Waals surface area contributed by atoms with Gasteiger partial charge in [0, 0.05) is 22.9 Å². The summed E-state index contributed by atoms with van der Waals surface area (Å²) in [7, 11) is 0. The average molecular weight is 492 g/mol. The third-order valence-corrected chi connectivity index (χ3v) is 6.61. The van der Waals surface area contributed by atoms with E-state index in [1.54, 1.807) is 38.1 Å². The first kappa shape index (κ1) is 24.7. The SMILES string of the molecule is CC(C)(Sc1nc(CCOc2ccc(C#Cc3ccc(C(F)(F)F)cc3)cc2)cs1)C(=O)O. The lowest BCUT2D eigenvalue weighted by atomic mass is 10.1. The van der Waals surface area contributed by atoms with Crippen molar-refractivity contribution in [3.8, 4) is 17.6 Å². The van der Waals surface area contributed by atoms with Crippen molar-refractivity contribution in [2.75, 3.05) is 6.61 Å². The van der Waals surface area contributed by atoms with Gasteiger partial charge in [0.15, 0.2) is 4.34 Å². The summed E-state index contributed by atoms with van der Waals surface area (Å²) >= 11 is 2.62. The Labute approximate surface area is 197 Å². The van der Waals surface area contributed by atoms with Gasteiger partial charge in [-0.05, 0) is 62.4 Å². The monoisotopic (exact) mass is 491 g/mol. The normalized spacial score (nSPS) is 11.5. The van der Waals surface area contributed by atoms with Gasteiger partial charge >= 0.3 is 12.1 Å². The molecule has 0 fully saturated rings. The van der Waals surface area contributed by atoms with Gasteiger partial charge in [-0.15, -0.1) is 11.3 Å². The number of hydrogen-bond acceptors (Lipinski definition) is 5. The summed E-state index contributed by atoms with van der Waals surface area (Å²) in [6.45, 7) is 3.69. The van der Waals surface area contributed by atoms with E-state index in [4.69, 9.17) is 4.74 Å². The molecule has 0 spiro atoms. The molecule has 33 heavy (non-hydrogen) atoms. The molecule has 3 rings (SSSR count). The van der Waals surface area contributed by atoms with E-state index in [0.29, 0.717) is 34.2 Å². The Hall–Kier alpha value is -2.96. The number of aliphatic carboxylic acids is 1. The van der Waals surface area contributed by atoms with E-state index >= 15 is 0 Å². The predicted octanol–water partition coefficient (Wildman–Crippen LogP) is 6.14. The number of thioether (sulfide) groups is 1. The van der Waals surface area contributed by atoms with Gasteiger partial charge in [-0.1, -0.05) is 23.6 Å². The van der Waals surface area contributed by atoms with Crippen LogP contribution in [0.25, 0.3) is 0 Å². The Bertz CT molecular complexity index is 1160. The number of carboxylic acid groups (broad SMARTS) is 1. The molecule has 0 aliphatic rings. The minimum absolute atomic E-state index is 0.409.